The van der Waals surface area contributed by atoms with Crippen molar-refractivity contribution in [1.82, 2.24) is 9.97 Å². The van der Waals surface area contributed by atoms with Crippen molar-refractivity contribution in [2.75, 3.05) is 5.32 Å². The lowest BCUT2D eigenvalue weighted by atomic mass is 10.1. The number of nitrogens with one attached hydrogen (secondary N) is 2. The number of hydrogen-bond donors (Lipinski definition) is 2. The number of thiazole rings is 1. The van der Waals surface area contributed by atoms with Gasteiger partial charge in [-0.2, -0.15) is 0 Å². The highest BCUT2D eigenvalue weighted by molar-refractivity contribution is 7.14. The zero-order valence-electron chi connectivity index (χ0n) is 13.3. The fourth-order valence-electron chi connectivity index (χ4n) is 2.98. The van der Waals surface area contributed by atoms with Gasteiger partial charge in [0.1, 0.15) is 0 Å². The van der Waals surface area contributed by atoms with Crippen LogP contribution in [0.3, 0.4) is 0 Å². The van der Waals surface area contributed by atoms with Gasteiger partial charge in [-0.15, -0.1) is 11.3 Å². The van der Waals surface area contributed by atoms with E-state index in [1.54, 1.807) is 0 Å². The van der Waals surface area contributed by atoms with E-state index in [2.05, 4.69) is 49.1 Å². The number of H-pyrrole nitrogens is 1. The van der Waals surface area contributed by atoms with Gasteiger partial charge in [-0.25, -0.2) is 4.98 Å². The molecule has 0 saturated heterocycles. The summed E-state index contributed by atoms with van der Waals surface area (Å²) < 4.78 is 0. The van der Waals surface area contributed by atoms with E-state index >= 15 is 0 Å². The van der Waals surface area contributed by atoms with Crippen molar-refractivity contribution < 1.29 is 4.79 Å². The minimum atomic E-state index is 0.0280. The second-order valence-electron chi connectivity index (χ2n) is 6.68. The van der Waals surface area contributed by atoms with E-state index < -0.39 is 0 Å². The molecule has 1 saturated carbocycles. The first kappa shape index (κ1) is 15.0. The summed E-state index contributed by atoms with van der Waals surface area (Å²) >= 11 is 1.46. The maximum absolute atomic E-state index is 12.5. The first-order chi connectivity index (χ1) is 10.4. The molecule has 116 valence electrons. The van der Waals surface area contributed by atoms with Crippen LogP contribution in [0.1, 0.15) is 27.7 Å². The second-order valence-corrected chi connectivity index (χ2v) is 7.54. The summed E-state index contributed by atoms with van der Waals surface area (Å²) in [5.41, 5.74) is 3.12. The zero-order chi connectivity index (χ0) is 15.9. The predicted octanol–water partition coefficient (Wildman–Crippen LogP) is 4.32. The topological polar surface area (TPSA) is 57.8 Å². The van der Waals surface area contributed by atoms with Gasteiger partial charge >= 0.3 is 0 Å². The number of aromatic nitrogens is 2. The highest BCUT2D eigenvalue weighted by atomic mass is 32.1. The first-order valence-electron chi connectivity index (χ1n) is 7.45. The lowest BCUT2D eigenvalue weighted by Crippen LogP contribution is -2.16. The predicted molar refractivity (Wildman–Crippen MR) is 90.7 cm³/mol. The molecule has 4 nitrogen and oxygen atoms in total. The van der Waals surface area contributed by atoms with Crippen LogP contribution in [0.2, 0.25) is 0 Å². The SMILES string of the molecule is CC(C)=C[C@@H]1[C@H](C(=O)Nc2nc(-c3ccc[nH]3)cs2)C1(C)C. The van der Waals surface area contributed by atoms with Gasteiger partial charge in [-0.05, 0) is 37.3 Å². The lowest BCUT2D eigenvalue weighted by molar-refractivity contribution is -0.118. The van der Waals surface area contributed by atoms with Crippen LogP contribution in [0.25, 0.3) is 11.4 Å². The molecular formula is C17H21N3OS. The minimum absolute atomic E-state index is 0.0280. The van der Waals surface area contributed by atoms with E-state index in [0.717, 1.165) is 11.4 Å². The Labute approximate surface area is 134 Å². The third kappa shape index (κ3) is 2.73. The van der Waals surface area contributed by atoms with Crippen LogP contribution < -0.4 is 5.32 Å². The van der Waals surface area contributed by atoms with Crippen molar-refractivity contribution in [2.45, 2.75) is 27.7 Å². The zero-order valence-corrected chi connectivity index (χ0v) is 14.1. The van der Waals surface area contributed by atoms with Crippen LogP contribution in [0.4, 0.5) is 5.13 Å². The molecule has 1 amide bonds. The monoisotopic (exact) mass is 315 g/mol. The highest BCUT2D eigenvalue weighted by Gasteiger charge is 2.60. The maximum atomic E-state index is 12.5. The molecular weight excluding hydrogens is 294 g/mol. The molecule has 2 aromatic heterocycles. The molecule has 2 aromatic rings. The molecule has 3 rings (SSSR count). The Morgan fingerprint density at radius 3 is 2.86 bits per heavy atom. The largest absolute Gasteiger partial charge is 0.360 e. The summed E-state index contributed by atoms with van der Waals surface area (Å²) in [6, 6.07) is 3.90. The van der Waals surface area contributed by atoms with E-state index in [4.69, 9.17) is 0 Å². The number of aromatic amines is 1. The van der Waals surface area contributed by atoms with Crippen molar-refractivity contribution in [1.29, 1.82) is 0 Å². The van der Waals surface area contributed by atoms with Gasteiger partial charge in [0.05, 0.1) is 17.3 Å². The molecule has 0 bridgehead atoms. The van der Waals surface area contributed by atoms with Gasteiger partial charge < -0.3 is 10.3 Å². The number of amides is 1. The van der Waals surface area contributed by atoms with Crippen LogP contribution in [0.5, 0.6) is 0 Å². The average Bonchev–Trinajstić information content (AvgIpc) is 2.90. The summed E-state index contributed by atoms with van der Waals surface area (Å²) in [6.45, 7) is 8.45. The molecule has 5 heteroatoms. The molecule has 22 heavy (non-hydrogen) atoms. The van der Waals surface area contributed by atoms with Crippen LogP contribution in [-0.2, 0) is 4.79 Å². The van der Waals surface area contributed by atoms with E-state index in [1.165, 1.54) is 16.9 Å². The Balaban J connectivity index is 1.69. The maximum Gasteiger partial charge on any atom is 0.230 e. The second kappa shape index (κ2) is 5.39. The number of rotatable bonds is 4. The Kier molecular flexibility index (Phi) is 3.68. The van der Waals surface area contributed by atoms with E-state index in [9.17, 15) is 4.79 Å². The molecule has 2 atom stereocenters. The fourth-order valence-corrected chi connectivity index (χ4v) is 3.69. The standard InChI is InChI=1S/C17H21N3OS/c1-10(2)8-11-14(17(11,3)4)15(21)20-16-19-13(9-22-16)12-6-5-7-18-12/h5-9,11,14,18H,1-4H3,(H,19,20,21)/t11-,14-/m1/s1. The molecule has 1 aliphatic rings. The first-order valence-corrected chi connectivity index (χ1v) is 8.32. The molecule has 1 aliphatic carbocycles. The average molecular weight is 315 g/mol. The molecule has 0 unspecified atom stereocenters. The van der Waals surface area contributed by atoms with Gasteiger partial charge in [0.2, 0.25) is 5.91 Å². The van der Waals surface area contributed by atoms with Gasteiger partial charge in [0.15, 0.2) is 5.13 Å². The third-order valence-corrected chi connectivity index (χ3v) is 5.07. The van der Waals surface area contributed by atoms with E-state index in [1.807, 2.05) is 23.7 Å². The minimum Gasteiger partial charge on any atom is -0.360 e. The molecule has 0 aromatic carbocycles. The smallest absolute Gasteiger partial charge is 0.230 e. The molecule has 2 heterocycles. The molecule has 1 fully saturated rings. The number of carbonyl (C=O) groups excluding carboxylic acids is 1. The summed E-state index contributed by atoms with van der Waals surface area (Å²) in [7, 11) is 0. The van der Waals surface area contributed by atoms with Crippen LogP contribution in [0.15, 0.2) is 35.4 Å². The van der Waals surface area contributed by atoms with Gasteiger partial charge in [-0.1, -0.05) is 25.5 Å². The molecule has 0 spiro atoms. The summed E-state index contributed by atoms with van der Waals surface area (Å²) in [5, 5.41) is 5.58. The van der Waals surface area contributed by atoms with Crippen molar-refractivity contribution in [2.24, 2.45) is 17.3 Å². The van der Waals surface area contributed by atoms with Crippen LogP contribution in [-0.4, -0.2) is 15.9 Å². The van der Waals surface area contributed by atoms with Crippen molar-refractivity contribution >= 4 is 22.4 Å². The summed E-state index contributed by atoms with van der Waals surface area (Å²) in [4.78, 5) is 20.1. The Bertz CT molecular complexity index is 708. The summed E-state index contributed by atoms with van der Waals surface area (Å²) in [6.07, 6.45) is 4.07. The number of allylic oxidation sites excluding steroid dienone is 2. The summed E-state index contributed by atoms with van der Waals surface area (Å²) in [5.74, 6) is 0.417. The van der Waals surface area contributed by atoms with Crippen LogP contribution >= 0.6 is 11.3 Å². The number of anilines is 1. The lowest BCUT2D eigenvalue weighted by Gasteiger charge is -2.02. The number of carbonyl (C=O) groups is 1. The van der Waals surface area contributed by atoms with Gasteiger partial charge in [0.25, 0.3) is 0 Å². The number of hydrogen-bond acceptors (Lipinski definition) is 3. The van der Waals surface area contributed by atoms with Gasteiger partial charge in [0, 0.05) is 11.6 Å². The van der Waals surface area contributed by atoms with E-state index in [0.29, 0.717) is 11.0 Å². The van der Waals surface area contributed by atoms with Crippen molar-refractivity contribution in [3.63, 3.8) is 0 Å². The van der Waals surface area contributed by atoms with Crippen LogP contribution in [0, 0.1) is 17.3 Å². The Hall–Kier alpha value is -1.88. The Morgan fingerprint density at radius 1 is 1.45 bits per heavy atom. The number of nitrogens with zero attached hydrogens (tertiary/aromatic N) is 1. The normalized spacial score (nSPS) is 22.2. The van der Waals surface area contributed by atoms with Crippen molar-refractivity contribution in [3.05, 3.63) is 35.4 Å². The third-order valence-electron chi connectivity index (χ3n) is 4.31. The van der Waals surface area contributed by atoms with E-state index in [-0.39, 0.29) is 17.2 Å². The fraction of sp³-hybridized carbons (Fsp3) is 0.412. The molecule has 2 N–H and O–H groups in total. The molecule has 0 aliphatic heterocycles. The molecule has 0 radical (unpaired) electrons. The highest BCUT2D eigenvalue weighted by Crippen LogP contribution is 2.59. The van der Waals surface area contributed by atoms with Crippen molar-refractivity contribution in [3.8, 4) is 11.4 Å². The Morgan fingerprint density at radius 2 is 2.23 bits per heavy atom. The quantitative estimate of drug-likeness (QED) is 0.826. The van der Waals surface area contributed by atoms with Gasteiger partial charge in [-0.3, -0.25) is 4.79 Å².